The lowest BCUT2D eigenvalue weighted by atomic mass is 10.2. The van der Waals surface area contributed by atoms with E-state index in [2.05, 4.69) is 10.3 Å². The molecule has 1 atom stereocenters. The first kappa shape index (κ1) is 17.9. The quantitative estimate of drug-likeness (QED) is 0.812. The van der Waals surface area contributed by atoms with E-state index in [1.54, 1.807) is 37.3 Å². The van der Waals surface area contributed by atoms with Gasteiger partial charge in [-0.05, 0) is 38.1 Å². The van der Waals surface area contributed by atoms with Crippen LogP contribution in [0.25, 0.3) is 0 Å². The second-order valence-corrected chi connectivity index (χ2v) is 4.98. The topological polar surface area (TPSA) is 101 Å². The van der Waals surface area contributed by atoms with Gasteiger partial charge in [-0.25, -0.2) is 9.78 Å². The van der Waals surface area contributed by atoms with Crippen LogP contribution < -0.4 is 10.1 Å². The van der Waals surface area contributed by atoms with Crippen LogP contribution in [0.1, 0.15) is 29.8 Å². The van der Waals surface area contributed by atoms with Crippen molar-refractivity contribution in [3.8, 4) is 11.9 Å². The standard InChI is InChI=1S/C18H17N3O4/c1-3-24-17-14(8-6-10-20-17)18(23)25-12(2)16(22)21-15-9-5-4-7-13(15)11-19/h4-10,12H,3H2,1-2H3,(H,21,22)/t12-/m1/s1. The van der Waals surface area contributed by atoms with Gasteiger partial charge in [-0.3, -0.25) is 4.79 Å². The monoisotopic (exact) mass is 339 g/mol. The van der Waals surface area contributed by atoms with E-state index in [1.165, 1.54) is 19.2 Å². The molecule has 0 unspecified atom stereocenters. The number of hydrogen-bond donors (Lipinski definition) is 1. The molecule has 1 amide bonds. The number of carbonyl (C=O) groups is 2. The van der Waals surface area contributed by atoms with Crippen LogP contribution in [0.4, 0.5) is 5.69 Å². The molecule has 0 spiro atoms. The van der Waals surface area contributed by atoms with E-state index in [4.69, 9.17) is 14.7 Å². The molecule has 0 aliphatic rings. The van der Waals surface area contributed by atoms with Gasteiger partial charge in [-0.1, -0.05) is 12.1 Å². The van der Waals surface area contributed by atoms with Gasteiger partial charge in [0.05, 0.1) is 17.9 Å². The molecule has 0 aliphatic carbocycles. The van der Waals surface area contributed by atoms with Crippen LogP contribution in [0.5, 0.6) is 5.88 Å². The van der Waals surface area contributed by atoms with Crippen molar-refractivity contribution in [1.82, 2.24) is 4.98 Å². The van der Waals surface area contributed by atoms with E-state index in [1.807, 2.05) is 6.07 Å². The molecule has 0 saturated carbocycles. The Kier molecular flexibility index (Phi) is 6.07. The number of nitrogens with one attached hydrogen (secondary N) is 1. The van der Waals surface area contributed by atoms with Crippen molar-refractivity contribution in [3.05, 3.63) is 53.7 Å². The maximum absolute atomic E-state index is 12.3. The van der Waals surface area contributed by atoms with Crippen LogP contribution in [-0.4, -0.2) is 29.6 Å². The van der Waals surface area contributed by atoms with E-state index in [9.17, 15) is 9.59 Å². The predicted octanol–water partition coefficient (Wildman–Crippen LogP) is 2.54. The van der Waals surface area contributed by atoms with Crippen molar-refractivity contribution in [3.63, 3.8) is 0 Å². The van der Waals surface area contributed by atoms with E-state index >= 15 is 0 Å². The lowest BCUT2D eigenvalue weighted by Gasteiger charge is -2.15. The molecule has 7 heteroatoms. The first-order chi connectivity index (χ1) is 12.1. The number of nitrogens with zero attached hydrogens (tertiary/aromatic N) is 2. The van der Waals surface area contributed by atoms with E-state index in [0.717, 1.165) is 0 Å². The molecule has 1 aromatic carbocycles. The van der Waals surface area contributed by atoms with Crippen LogP contribution in [0.3, 0.4) is 0 Å². The minimum atomic E-state index is -1.06. The van der Waals surface area contributed by atoms with Crippen LogP contribution in [0.2, 0.25) is 0 Å². The zero-order valence-electron chi connectivity index (χ0n) is 13.9. The minimum Gasteiger partial charge on any atom is -0.477 e. The fourth-order valence-electron chi connectivity index (χ4n) is 2.00. The van der Waals surface area contributed by atoms with Crippen LogP contribution in [0.15, 0.2) is 42.6 Å². The fraction of sp³-hybridized carbons (Fsp3) is 0.222. The molecular formula is C18H17N3O4. The summed E-state index contributed by atoms with van der Waals surface area (Å²) in [6, 6.07) is 11.6. The number of amides is 1. The smallest absolute Gasteiger partial charge is 0.344 e. The van der Waals surface area contributed by atoms with Gasteiger partial charge >= 0.3 is 5.97 Å². The van der Waals surface area contributed by atoms with Crippen molar-refractivity contribution in [1.29, 1.82) is 5.26 Å². The third-order valence-corrected chi connectivity index (χ3v) is 3.23. The van der Waals surface area contributed by atoms with Gasteiger partial charge in [0.25, 0.3) is 5.91 Å². The van der Waals surface area contributed by atoms with Crippen molar-refractivity contribution in [2.24, 2.45) is 0 Å². The maximum atomic E-state index is 12.3. The normalized spacial score (nSPS) is 11.1. The Balaban J connectivity index is 2.06. The second-order valence-electron chi connectivity index (χ2n) is 4.98. The highest BCUT2D eigenvalue weighted by molar-refractivity contribution is 5.98. The SMILES string of the molecule is CCOc1ncccc1C(=O)O[C@H](C)C(=O)Nc1ccccc1C#N. The van der Waals surface area contributed by atoms with Crippen molar-refractivity contribution < 1.29 is 19.1 Å². The zero-order chi connectivity index (χ0) is 18.2. The number of carbonyl (C=O) groups excluding carboxylic acids is 2. The summed E-state index contributed by atoms with van der Waals surface area (Å²) in [6.07, 6.45) is 0.436. The Labute approximate surface area is 145 Å². The highest BCUT2D eigenvalue weighted by Gasteiger charge is 2.22. The summed E-state index contributed by atoms with van der Waals surface area (Å²) in [5.41, 5.74) is 0.816. The van der Waals surface area contributed by atoms with Gasteiger partial charge in [0.15, 0.2) is 6.10 Å². The Morgan fingerprint density at radius 3 is 2.76 bits per heavy atom. The molecule has 1 heterocycles. The molecular weight excluding hydrogens is 322 g/mol. The molecule has 2 aromatic rings. The number of aromatic nitrogens is 1. The highest BCUT2D eigenvalue weighted by atomic mass is 16.5. The van der Waals surface area contributed by atoms with E-state index in [0.29, 0.717) is 17.9 Å². The molecule has 0 bridgehead atoms. The Bertz CT molecular complexity index is 814. The van der Waals surface area contributed by atoms with Crippen molar-refractivity contribution in [2.45, 2.75) is 20.0 Å². The molecule has 25 heavy (non-hydrogen) atoms. The molecule has 0 saturated heterocycles. The average molecular weight is 339 g/mol. The van der Waals surface area contributed by atoms with Gasteiger partial charge in [0.1, 0.15) is 11.6 Å². The summed E-state index contributed by atoms with van der Waals surface area (Å²) in [5.74, 6) is -1.11. The number of para-hydroxylation sites is 1. The summed E-state index contributed by atoms with van der Waals surface area (Å²) in [7, 11) is 0. The number of esters is 1. The first-order valence-electron chi connectivity index (χ1n) is 7.65. The lowest BCUT2D eigenvalue weighted by molar-refractivity contribution is -0.123. The second kappa shape index (κ2) is 8.45. The summed E-state index contributed by atoms with van der Waals surface area (Å²) < 4.78 is 10.5. The molecule has 0 fully saturated rings. The highest BCUT2D eigenvalue weighted by Crippen LogP contribution is 2.17. The molecule has 2 rings (SSSR count). The van der Waals surface area contributed by atoms with Crippen LogP contribution in [-0.2, 0) is 9.53 Å². The molecule has 1 aromatic heterocycles. The van der Waals surface area contributed by atoms with Gasteiger partial charge in [0.2, 0.25) is 5.88 Å². The van der Waals surface area contributed by atoms with Gasteiger partial charge in [0, 0.05) is 6.20 Å². The minimum absolute atomic E-state index is 0.140. The van der Waals surface area contributed by atoms with Crippen molar-refractivity contribution in [2.75, 3.05) is 11.9 Å². The summed E-state index contributed by atoms with van der Waals surface area (Å²) in [5, 5.41) is 11.6. The number of ether oxygens (including phenoxy) is 2. The number of pyridine rings is 1. The molecule has 7 nitrogen and oxygen atoms in total. The zero-order valence-corrected chi connectivity index (χ0v) is 13.9. The summed E-state index contributed by atoms with van der Waals surface area (Å²) in [4.78, 5) is 28.4. The maximum Gasteiger partial charge on any atom is 0.344 e. The molecule has 1 N–H and O–H groups in total. The average Bonchev–Trinajstić information content (AvgIpc) is 2.62. The van der Waals surface area contributed by atoms with Gasteiger partial charge in [-0.2, -0.15) is 5.26 Å². The van der Waals surface area contributed by atoms with Gasteiger partial charge in [-0.15, -0.1) is 0 Å². The number of benzene rings is 1. The third kappa shape index (κ3) is 4.54. The summed E-state index contributed by atoms with van der Waals surface area (Å²) >= 11 is 0. The largest absolute Gasteiger partial charge is 0.477 e. The molecule has 128 valence electrons. The Morgan fingerprint density at radius 1 is 1.28 bits per heavy atom. The number of nitriles is 1. The summed E-state index contributed by atoms with van der Waals surface area (Å²) in [6.45, 7) is 3.56. The number of hydrogen-bond acceptors (Lipinski definition) is 6. The van der Waals surface area contributed by atoms with E-state index in [-0.39, 0.29) is 11.4 Å². The van der Waals surface area contributed by atoms with E-state index < -0.39 is 18.0 Å². The molecule has 0 aliphatic heterocycles. The Morgan fingerprint density at radius 2 is 2.04 bits per heavy atom. The Hall–Kier alpha value is -3.40. The number of anilines is 1. The lowest BCUT2D eigenvalue weighted by Crippen LogP contribution is -2.30. The fourth-order valence-corrected chi connectivity index (χ4v) is 2.00. The van der Waals surface area contributed by atoms with Crippen molar-refractivity contribution >= 4 is 17.6 Å². The predicted molar refractivity (Wildman–Crippen MR) is 90.1 cm³/mol. The number of rotatable bonds is 6. The van der Waals surface area contributed by atoms with Gasteiger partial charge < -0.3 is 14.8 Å². The molecule has 0 radical (unpaired) electrons. The van der Waals surface area contributed by atoms with Crippen LogP contribution in [0, 0.1) is 11.3 Å². The van der Waals surface area contributed by atoms with Crippen LogP contribution >= 0.6 is 0 Å². The third-order valence-electron chi connectivity index (χ3n) is 3.23. The first-order valence-corrected chi connectivity index (χ1v) is 7.65.